The van der Waals surface area contributed by atoms with Crippen LogP contribution in [0.1, 0.15) is 24.5 Å². The second-order valence-corrected chi connectivity index (χ2v) is 7.36. The third kappa shape index (κ3) is 3.43. The first kappa shape index (κ1) is 15.1. The van der Waals surface area contributed by atoms with Crippen molar-refractivity contribution in [3.8, 4) is 11.5 Å². The number of methoxy groups -OCH3 is 2. The Labute approximate surface area is 119 Å². The first-order valence-electron chi connectivity index (χ1n) is 6.55. The van der Waals surface area contributed by atoms with Crippen LogP contribution in [-0.2, 0) is 9.84 Å². The summed E-state index contributed by atoms with van der Waals surface area (Å²) in [5.41, 5.74) is 0.715. The summed E-state index contributed by atoms with van der Waals surface area (Å²) in [5, 5.41) is 10.2. The van der Waals surface area contributed by atoms with E-state index in [9.17, 15) is 13.5 Å². The van der Waals surface area contributed by atoms with Crippen molar-refractivity contribution in [2.45, 2.75) is 18.9 Å². The van der Waals surface area contributed by atoms with Crippen molar-refractivity contribution in [3.63, 3.8) is 0 Å². The van der Waals surface area contributed by atoms with Gasteiger partial charge in [-0.05, 0) is 36.5 Å². The topological polar surface area (TPSA) is 72.8 Å². The molecule has 0 bridgehead atoms. The number of ether oxygens (including phenoxy) is 2. The molecular formula is C14H20O5S. The van der Waals surface area contributed by atoms with Crippen LogP contribution in [0.3, 0.4) is 0 Å². The minimum absolute atomic E-state index is 0.0306. The summed E-state index contributed by atoms with van der Waals surface area (Å²) in [6, 6.07) is 5.24. The van der Waals surface area contributed by atoms with Crippen molar-refractivity contribution in [2.75, 3.05) is 25.7 Å². The lowest BCUT2D eigenvalue weighted by molar-refractivity contribution is 0.148. The van der Waals surface area contributed by atoms with E-state index in [-0.39, 0.29) is 17.4 Å². The van der Waals surface area contributed by atoms with E-state index in [2.05, 4.69) is 0 Å². The Morgan fingerprint density at radius 2 is 2.00 bits per heavy atom. The Hall–Kier alpha value is -1.27. The van der Waals surface area contributed by atoms with Crippen LogP contribution in [0.25, 0.3) is 0 Å². The Balaban J connectivity index is 2.08. The Kier molecular flexibility index (Phi) is 4.55. The first-order chi connectivity index (χ1) is 9.45. The van der Waals surface area contributed by atoms with E-state index in [1.807, 2.05) is 0 Å². The minimum Gasteiger partial charge on any atom is -0.493 e. The molecule has 2 atom stereocenters. The number of aliphatic hydroxyl groups excluding tert-OH is 1. The van der Waals surface area contributed by atoms with Gasteiger partial charge in [0.05, 0.1) is 31.8 Å². The fourth-order valence-electron chi connectivity index (χ4n) is 2.57. The molecule has 1 saturated heterocycles. The first-order valence-corrected chi connectivity index (χ1v) is 8.37. The van der Waals surface area contributed by atoms with Crippen molar-refractivity contribution in [1.82, 2.24) is 0 Å². The Bertz CT molecular complexity index is 567. The standard InChI is InChI=1S/C14H20O5S/c1-18-13-4-3-11(8-14(13)19-2)12(15)7-10-5-6-20(16,17)9-10/h3-4,8,10,12,15H,5-7,9H2,1-2H3. The van der Waals surface area contributed by atoms with Crippen LogP contribution >= 0.6 is 0 Å². The van der Waals surface area contributed by atoms with E-state index in [1.54, 1.807) is 25.3 Å². The molecule has 0 amide bonds. The Morgan fingerprint density at radius 3 is 2.55 bits per heavy atom. The average Bonchev–Trinajstić information content (AvgIpc) is 2.76. The zero-order valence-corrected chi connectivity index (χ0v) is 12.5. The number of aliphatic hydroxyl groups is 1. The zero-order valence-electron chi connectivity index (χ0n) is 11.7. The average molecular weight is 300 g/mol. The molecule has 0 radical (unpaired) electrons. The highest BCUT2D eigenvalue weighted by Gasteiger charge is 2.29. The lowest BCUT2D eigenvalue weighted by atomic mass is 9.96. The molecule has 6 heteroatoms. The Morgan fingerprint density at radius 1 is 1.30 bits per heavy atom. The summed E-state index contributed by atoms with van der Waals surface area (Å²) in [6.45, 7) is 0. The summed E-state index contributed by atoms with van der Waals surface area (Å²) in [4.78, 5) is 0. The summed E-state index contributed by atoms with van der Waals surface area (Å²) >= 11 is 0. The van der Waals surface area contributed by atoms with Gasteiger partial charge in [-0.15, -0.1) is 0 Å². The van der Waals surface area contributed by atoms with Gasteiger partial charge in [0.2, 0.25) is 0 Å². The van der Waals surface area contributed by atoms with Gasteiger partial charge in [0, 0.05) is 0 Å². The van der Waals surface area contributed by atoms with Gasteiger partial charge in [0.25, 0.3) is 0 Å². The second kappa shape index (κ2) is 6.01. The number of rotatable bonds is 5. The smallest absolute Gasteiger partial charge is 0.161 e. The van der Waals surface area contributed by atoms with Gasteiger partial charge in [-0.25, -0.2) is 8.42 Å². The van der Waals surface area contributed by atoms with Crippen LogP contribution < -0.4 is 9.47 Å². The van der Waals surface area contributed by atoms with E-state index in [0.717, 1.165) is 0 Å². The highest BCUT2D eigenvalue weighted by atomic mass is 32.2. The number of benzene rings is 1. The largest absolute Gasteiger partial charge is 0.493 e. The molecule has 0 aliphatic carbocycles. The molecular weight excluding hydrogens is 280 g/mol. The summed E-state index contributed by atoms with van der Waals surface area (Å²) in [6.07, 6.45) is 0.398. The highest BCUT2D eigenvalue weighted by Crippen LogP contribution is 2.33. The fraction of sp³-hybridized carbons (Fsp3) is 0.571. The third-order valence-corrected chi connectivity index (χ3v) is 5.51. The molecule has 1 heterocycles. The quantitative estimate of drug-likeness (QED) is 0.893. The predicted octanol–water partition coefficient (Wildman–Crippen LogP) is 1.56. The van der Waals surface area contributed by atoms with Gasteiger partial charge in [0.15, 0.2) is 21.3 Å². The monoisotopic (exact) mass is 300 g/mol. The molecule has 1 aliphatic rings. The van der Waals surface area contributed by atoms with Crippen LogP contribution in [0.5, 0.6) is 11.5 Å². The third-order valence-electron chi connectivity index (χ3n) is 3.68. The van der Waals surface area contributed by atoms with Crippen LogP contribution in [0.2, 0.25) is 0 Å². The molecule has 5 nitrogen and oxygen atoms in total. The van der Waals surface area contributed by atoms with Crippen LogP contribution in [0.4, 0.5) is 0 Å². The fourth-order valence-corrected chi connectivity index (χ4v) is 4.45. The van der Waals surface area contributed by atoms with Gasteiger partial charge >= 0.3 is 0 Å². The highest BCUT2D eigenvalue weighted by molar-refractivity contribution is 7.91. The number of hydrogen-bond acceptors (Lipinski definition) is 5. The van der Waals surface area contributed by atoms with Crippen LogP contribution in [0.15, 0.2) is 18.2 Å². The zero-order chi connectivity index (χ0) is 14.8. The van der Waals surface area contributed by atoms with Gasteiger partial charge < -0.3 is 14.6 Å². The van der Waals surface area contributed by atoms with E-state index in [4.69, 9.17) is 9.47 Å². The summed E-state index contributed by atoms with van der Waals surface area (Å²) in [7, 11) is 0.190. The van der Waals surface area contributed by atoms with E-state index in [0.29, 0.717) is 29.9 Å². The molecule has 0 aromatic heterocycles. The maximum Gasteiger partial charge on any atom is 0.161 e. The molecule has 1 aliphatic heterocycles. The van der Waals surface area contributed by atoms with Crippen molar-refractivity contribution in [2.24, 2.45) is 5.92 Å². The SMILES string of the molecule is COc1ccc(C(O)CC2CCS(=O)(=O)C2)cc1OC. The van der Waals surface area contributed by atoms with Gasteiger partial charge in [-0.3, -0.25) is 0 Å². The summed E-state index contributed by atoms with van der Waals surface area (Å²) < 4.78 is 33.2. The molecule has 2 rings (SSSR count). The van der Waals surface area contributed by atoms with Crippen LogP contribution in [0, 0.1) is 5.92 Å². The molecule has 0 spiro atoms. The van der Waals surface area contributed by atoms with Gasteiger partial charge in [-0.2, -0.15) is 0 Å². The van der Waals surface area contributed by atoms with Crippen molar-refractivity contribution < 1.29 is 23.0 Å². The predicted molar refractivity (Wildman–Crippen MR) is 75.9 cm³/mol. The molecule has 0 saturated carbocycles. The van der Waals surface area contributed by atoms with E-state index < -0.39 is 15.9 Å². The molecule has 2 unspecified atom stereocenters. The summed E-state index contributed by atoms with van der Waals surface area (Å²) in [5.74, 6) is 1.60. The van der Waals surface area contributed by atoms with E-state index >= 15 is 0 Å². The maximum atomic E-state index is 11.4. The molecule has 20 heavy (non-hydrogen) atoms. The van der Waals surface area contributed by atoms with Crippen molar-refractivity contribution in [3.05, 3.63) is 23.8 Å². The van der Waals surface area contributed by atoms with E-state index in [1.165, 1.54) is 7.11 Å². The normalized spacial score (nSPS) is 22.4. The molecule has 112 valence electrons. The second-order valence-electron chi connectivity index (χ2n) is 5.13. The van der Waals surface area contributed by atoms with Gasteiger partial charge in [0.1, 0.15) is 0 Å². The molecule has 1 N–H and O–H groups in total. The van der Waals surface area contributed by atoms with Crippen LogP contribution in [-0.4, -0.2) is 39.2 Å². The van der Waals surface area contributed by atoms with Gasteiger partial charge in [-0.1, -0.05) is 6.07 Å². The van der Waals surface area contributed by atoms with Crippen molar-refractivity contribution >= 4 is 9.84 Å². The molecule has 1 fully saturated rings. The molecule has 1 aromatic rings. The molecule has 1 aromatic carbocycles. The lowest BCUT2D eigenvalue weighted by Crippen LogP contribution is -2.09. The minimum atomic E-state index is -2.90. The van der Waals surface area contributed by atoms with Crippen molar-refractivity contribution in [1.29, 1.82) is 0 Å². The number of sulfone groups is 1. The maximum absolute atomic E-state index is 11.4. The number of hydrogen-bond donors (Lipinski definition) is 1. The lowest BCUT2D eigenvalue weighted by Gasteiger charge is -2.16.